The first-order chi connectivity index (χ1) is 9.97. The second-order valence-corrected chi connectivity index (χ2v) is 4.36. The molecular weight excluding hydrogens is 276 g/mol. The van der Waals surface area contributed by atoms with Crippen LogP contribution in [0.3, 0.4) is 0 Å². The van der Waals surface area contributed by atoms with E-state index < -0.39 is 18.4 Å². The van der Waals surface area contributed by atoms with E-state index in [0.29, 0.717) is 5.75 Å². The summed E-state index contributed by atoms with van der Waals surface area (Å²) in [5.41, 5.74) is 1.06. The molecule has 1 aromatic carbocycles. The third-order valence-corrected chi connectivity index (χ3v) is 2.47. The number of amides is 2. The molecule has 0 saturated heterocycles. The number of benzene rings is 1. The van der Waals surface area contributed by atoms with Gasteiger partial charge >= 0.3 is 5.97 Å². The van der Waals surface area contributed by atoms with Crippen molar-refractivity contribution >= 4 is 17.8 Å². The van der Waals surface area contributed by atoms with Crippen molar-refractivity contribution in [1.29, 1.82) is 0 Å². The Hall–Kier alpha value is -2.57. The molecule has 21 heavy (non-hydrogen) atoms. The van der Waals surface area contributed by atoms with E-state index in [9.17, 15) is 14.4 Å². The van der Waals surface area contributed by atoms with Gasteiger partial charge < -0.3 is 20.5 Å². The summed E-state index contributed by atoms with van der Waals surface area (Å²) in [5.74, 6) is -1.35. The van der Waals surface area contributed by atoms with Gasteiger partial charge in [-0.25, -0.2) is 0 Å². The van der Waals surface area contributed by atoms with Crippen molar-refractivity contribution in [3.8, 4) is 5.75 Å². The molecule has 7 heteroatoms. The number of carbonyl (C=O) groups excluding carboxylic acids is 2. The highest BCUT2D eigenvalue weighted by molar-refractivity contribution is 5.86. The minimum Gasteiger partial charge on any atom is -0.493 e. The molecule has 0 aliphatic rings. The molecule has 0 spiro atoms. The summed E-state index contributed by atoms with van der Waals surface area (Å²) >= 11 is 0. The van der Waals surface area contributed by atoms with E-state index >= 15 is 0 Å². The van der Waals surface area contributed by atoms with Crippen LogP contribution in [0.2, 0.25) is 0 Å². The molecule has 114 valence electrons. The van der Waals surface area contributed by atoms with Gasteiger partial charge in [-0.2, -0.15) is 0 Å². The zero-order chi connectivity index (χ0) is 15.7. The predicted molar refractivity (Wildman–Crippen MR) is 74.9 cm³/mol. The fourth-order valence-corrected chi connectivity index (χ4v) is 1.47. The first kappa shape index (κ1) is 16.5. The van der Waals surface area contributed by atoms with Gasteiger partial charge in [0.15, 0.2) is 0 Å². The van der Waals surface area contributed by atoms with Crippen LogP contribution in [0.1, 0.15) is 12.0 Å². The zero-order valence-electron chi connectivity index (χ0n) is 11.7. The zero-order valence-corrected chi connectivity index (χ0v) is 11.7. The average Bonchev–Trinajstić information content (AvgIpc) is 2.43. The topological polar surface area (TPSA) is 105 Å². The smallest absolute Gasteiger partial charge is 0.322 e. The van der Waals surface area contributed by atoms with Crippen molar-refractivity contribution in [2.24, 2.45) is 0 Å². The number of rotatable bonds is 8. The molecule has 0 atom stereocenters. The van der Waals surface area contributed by atoms with Crippen LogP contribution in [-0.2, 0) is 14.4 Å². The molecule has 0 heterocycles. The number of nitrogens with one attached hydrogen (secondary N) is 2. The average molecular weight is 294 g/mol. The van der Waals surface area contributed by atoms with Crippen molar-refractivity contribution in [1.82, 2.24) is 10.6 Å². The molecule has 0 aliphatic carbocycles. The van der Waals surface area contributed by atoms with E-state index in [1.54, 1.807) is 6.07 Å². The van der Waals surface area contributed by atoms with Crippen LogP contribution in [0.15, 0.2) is 24.3 Å². The number of hydrogen-bond donors (Lipinski definition) is 3. The lowest BCUT2D eigenvalue weighted by Gasteiger charge is -2.07. The molecular formula is C14H18N2O5. The van der Waals surface area contributed by atoms with E-state index in [4.69, 9.17) is 9.84 Å². The minimum absolute atomic E-state index is 0.111. The summed E-state index contributed by atoms with van der Waals surface area (Å²) in [4.78, 5) is 32.8. The molecule has 3 N–H and O–H groups in total. The Balaban J connectivity index is 2.16. The molecule has 0 aromatic heterocycles. The van der Waals surface area contributed by atoms with Crippen LogP contribution in [-0.4, -0.2) is 42.6 Å². The molecule has 7 nitrogen and oxygen atoms in total. The molecule has 2 amide bonds. The number of aliphatic carboxylic acids is 1. The maximum absolute atomic E-state index is 11.5. The van der Waals surface area contributed by atoms with Gasteiger partial charge in [0.2, 0.25) is 11.8 Å². The maximum atomic E-state index is 11.5. The van der Waals surface area contributed by atoms with E-state index in [-0.39, 0.29) is 25.5 Å². The summed E-state index contributed by atoms with van der Waals surface area (Å²) in [6.07, 6.45) is 0.111. The number of aryl methyl sites for hydroxylation is 1. The second kappa shape index (κ2) is 8.57. The number of hydrogen-bond acceptors (Lipinski definition) is 4. The quantitative estimate of drug-likeness (QED) is 0.630. The molecule has 0 fully saturated rings. The first-order valence-corrected chi connectivity index (χ1v) is 6.42. The summed E-state index contributed by atoms with van der Waals surface area (Å²) in [5, 5.41) is 12.9. The number of carbonyl (C=O) groups is 3. The Kier molecular flexibility index (Phi) is 6.73. The van der Waals surface area contributed by atoms with E-state index in [1.165, 1.54) is 0 Å². The van der Waals surface area contributed by atoms with Gasteiger partial charge in [0.1, 0.15) is 12.3 Å². The van der Waals surface area contributed by atoms with Gasteiger partial charge in [-0.1, -0.05) is 12.1 Å². The van der Waals surface area contributed by atoms with Crippen molar-refractivity contribution in [3.63, 3.8) is 0 Å². The lowest BCUT2D eigenvalue weighted by molar-refractivity contribution is -0.137. The Morgan fingerprint density at radius 2 is 1.86 bits per heavy atom. The Labute approximate surface area is 122 Å². The van der Waals surface area contributed by atoms with Crippen LogP contribution < -0.4 is 15.4 Å². The molecule has 0 aliphatic heterocycles. The van der Waals surface area contributed by atoms with Gasteiger partial charge in [-0.15, -0.1) is 0 Å². The monoisotopic (exact) mass is 294 g/mol. The largest absolute Gasteiger partial charge is 0.493 e. The first-order valence-electron chi connectivity index (χ1n) is 6.42. The van der Waals surface area contributed by atoms with Crippen LogP contribution in [0.5, 0.6) is 5.75 Å². The van der Waals surface area contributed by atoms with E-state index in [0.717, 1.165) is 5.56 Å². The SMILES string of the molecule is Cc1cccc(OCCC(=O)NCC(=O)NCC(=O)O)c1. The fourth-order valence-electron chi connectivity index (χ4n) is 1.47. The lowest BCUT2D eigenvalue weighted by atomic mass is 10.2. The third-order valence-electron chi connectivity index (χ3n) is 2.47. The predicted octanol–water partition coefficient (Wildman–Crippen LogP) is 0.0809. The molecule has 0 radical (unpaired) electrons. The molecule has 0 saturated carbocycles. The number of carboxylic acids is 1. The van der Waals surface area contributed by atoms with Crippen molar-refractivity contribution in [2.45, 2.75) is 13.3 Å². The summed E-state index contributed by atoms with van der Waals surface area (Å²) in [7, 11) is 0. The fraction of sp³-hybridized carbons (Fsp3) is 0.357. The van der Waals surface area contributed by atoms with Crippen molar-refractivity contribution < 1.29 is 24.2 Å². The van der Waals surface area contributed by atoms with Gasteiger partial charge in [-0.05, 0) is 24.6 Å². The number of ether oxygens (including phenoxy) is 1. The van der Waals surface area contributed by atoms with Crippen LogP contribution in [0.25, 0.3) is 0 Å². The highest BCUT2D eigenvalue weighted by Gasteiger charge is 2.07. The van der Waals surface area contributed by atoms with Crippen LogP contribution in [0, 0.1) is 6.92 Å². The molecule has 1 rings (SSSR count). The van der Waals surface area contributed by atoms with Gasteiger partial charge in [0.05, 0.1) is 19.6 Å². The van der Waals surface area contributed by atoms with Gasteiger partial charge in [0, 0.05) is 0 Å². The Bertz CT molecular complexity index is 516. The lowest BCUT2D eigenvalue weighted by Crippen LogP contribution is -2.39. The van der Waals surface area contributed by atoms with E-state index in [1.807, 2.05) is 25.1 Å². The summed E-state index contributed by atoms with van der Waals surface area (Å²) in [6, 6.07) is 7.45. The van der Waals surface area contributed by atoms with Gasteiger partial charge in [-0.3, -0.25) is 14.4 Å². The summed E-state index contributed by atoms with van der Waals surface area (Å²) < 4.78 is 5.40. The minimum atomic E-state index is -1.14. The molecule has 0 unspecified atom stereocenters. The highest BCUT2D eigenvalue weighted by Crippen LogP contribution is 2.12. The van der Waals surface area contributed by atoms with Crippen molar-refractivity contribution in [3.05, 3.63) is 29.8 Å². The van der Waals surface area contributed by atoms with Crippen LogP contribution >= 0.6 is 0 Å². The Morgan fingerprint density at radius 3 is 2.52 bits per heavy atom. The second-order valence-electron chi connectivity index (χ2n) is 4.36. The number of carboxylic acid groups (broad SMARTS) is 1. The van der Waals surface area contributed by atoms with Gasteiger partial charge in [0.25, 0.3) is 0 Å². The third kappa shape index (κ3) is 7.56. The molecule has 1 aromatic rings. The highest BCUT2D eigenvalue weighted by atomic mass is 16.5. The maximum Gasteiger partial charge on any atom is 0.322 e. The van der Waals surface area contributed by atoms with E-state index in [2.05, 4.69) is 10.6 Å². The van der Waals surface area contributed by atoms with Crippen molar-refractivity contribution in [2.75, 3.05) is 19.7 Å². The Morgan fingerprint density at radius 1 is 1.14 bits per heavy atom. The normalized spacial score (nSPS) is 9.76. The van der Waals surface area contributed by atoms with Crippen LogP contribution in [0.4, 0.5) is 0 Å². The standard InChI is InChI=1S/C14H18N2O5/c1-10-3-2-4-11(7-10)21-6-5-12(17)15-8-13(18)16-9-14(19)20/h2-4,7H,5-6,8-9H2,1H3,(H,15,17)(H,16,18)(H,19,20). The molecule has 0 bridgehead atoms. The summed E-state index contributed by atoms with van der Waals surface area (Å²) in [6.45, 7) is 1.42.